The van der Waals surface area contributed by atoms with Crippen molar-refractivity contribution in [2.45, 2.75) is 25.2 Å². The zero-order chi connectivity index (χ0) is 15.1. The zero-order valence-corrected chi connectivity index (χ0v) is 12.0. The Kier molecular flexibility index (Phi) is 3.60. The first kappa shape index (κ1) is 14.9. The molecule has 2 rings (SSSR count). The van der Waals surface area contributed by atoms with E-state index in [1.54, 1.807) is 0 Å². The number of aromatic carboxylic acids is 1. The van der Waals surface area contributed by atoms with E-state index in [1.165, 1.54) is 0 Å². The van der Waals surface area contributed by atoms with Crippen LogP contribution in [0.25, 0.3) is 0 Å². The van der Waals surface area contributed by atoms with E-state index in [0.29, 0.717) is 6.54 Å². The Morgan fingerprint density at radius 2 is 2.10 bits per heavy atom. The van der Waals surface area contributed by atoms with Crippen molar-refractivity contribution in [1.29, 1.82) is 0 Å². The van der Waals surface area contributed by atoms with E-state index >= 15 is 0 Å². The van der Waals surface area contributed by atoms with Gasteiger partial charge in [0.15, 0.2) is 0 Å². The van der Waals surface area contributed by atoms with Crippen LogP contribution < -0.4 is 4.72 Å². The van der Waals surface area contributed by atoms with E-state index in [2.05, 4.69) is 4.72 Å². The van der Waals surface area contributed by atoms with E-state index in [1.807, 2.05) is 13.8 Å². The minimum atomic E-state index is -3.82. The summed E-state index contributed by atoms with van der Waals surface area (Å²) in [5, 5.41) is 8.80. The Bertz CT molecular complexity index is 654. The normalized spacial score (nSPS) is 20.6. The van der Waals surface area contributed by atoms with Crippen molar-refractivity contribution in [3.63, 3.8) is 0 Å². The fourth-order valence-electron chi connectivity index (χ4n) is 2.05. The van der Waals surface area contributed by atoms with Gasteiger partial charge in [-0.1, -0.05) is 13.8 Å². The van der Waals surface area contributed by atoms with E-state index in [-0.39, 0.29) is 16.2 Å². The minimum Gasteiger partial charge on any atom is -0.478 e. The molecule has 1 aliphatic rings. The summed E-state index contributed by atoms with van der Waals surface area (Å²) >= 11 is 0. The second kappa shape index (κ2) is 4.82. The van der Waals surface area contributed by atoms with Gasteiger partial charge in [0.05, 0.1) is 10.5 Å². The lowest BCUT2D eigenvalue weighted by atomic mass is 10.1. The third kappa shape index (κ3) is 2.99. The third-order valence-electron chi connectivity index (χ3n) is 3.72. The Labute approximate surface area is 116 Å². The van der Waals surface area contributed by atoms with Gasteiger partial charge in [-0.3, -0.25) is 0 Å². The average molecular weight is 301 g/mol. The molecule has 110 valence electrons. The van der Waals surface area contributed by atoms with Crippen molar-refractivity contribution in [3.05, 3.63) is 29.6 Å². The quantitative estimate of drug-likeness (QED) is 0.869. The zero-order valence-electron chi connectivity index (χ0n) is 11.2. The van der Waals surface area contributed by atoms with Crippen molar-refractivity contribution in [2.24, 2.45) is 11.3 Å². The molecule has 0 heterocycles. The van der Waals surface area contributed by atoms with Crippen molar-refractivity contribution in [3.8, 4) is 0 Å². The second-order valence-corrected chi connectivity index (χ2v) is 7.46. The Morgan fingerprint density at radius 1 is 1.50 bits per heavy atom. The third-order valence-corrected chi connectivity index (χ3v) is 5.14. The van der Waals surface area contributed by atoms with Crippen LogP contribution in [0.15, 0.2) is 23.1 Å². The van der Waals surface area contributed by atoms with Crippen LogP contribution in [0.4, 0.5) is 4.39 Å². The lowest BCUT2D eigenvalue weighted by Crippen LogP contribution is -2.27. The molecule has 0 amide bonds. The number of nitrogens with one attached hydrogen (secondary N) is 1. The molecule has 0 spiro atoms. The molecule has 1 unspecified atom stereocenters. The summed E-state index contributed by atoms with van der Waals surface area (Å²) in [6.45, 7) is 4.40. The maximum Gasteiger partial charge on any atom is 0.338 e. The van der Waals surface area contributed by atoms with Crippen LogP contribution in [-0.2, 0) is 10.0 Å². The molecule has 1 aromatic carbocycles. The molecular formula is C13H16FNO4S. The Balaban J connectivity index is 2.17. The van der Waals surface area contributed by atoms with Gasteiger partial charge in [0, 0.05) is 6.54 Å². The average Bonchev–Trinajstić information content (AvgIpc) is 2.95. The SMILES string of the molecule is CC1(C)CC1CNS(=O)(=O)c1ccc(F)c(C(=O)O)c1. The van der Waals surface area contributed by atoms with Crippen LogP contribution in [-0.4, -0.2) is 26.0 Å². The molecule has 2 N–H and O–H groups in total. The minimum absolute atomic E-state index is 0.136. The van der Waals surface area contributed by atoms with Gasteiger partial charge in [-0.05, 0) is 36.0 Å². The summed E-state index contributed by atoms with van der Waals surface area (Å²) in [5.74, 6) is -2.18. The van der Waals surface area contributed by atoms with Crippen molar-refractivity contribution >= 4 is 16.0 Å². The lowest BCUT2D eigenvalue weighted by molar-refractivity contribution is 0.0691. The van der Waals surface area contributed by atoms with Crippen LogP contribution in [0.5, 0.6) is 0 Å². The number of hydrogen-bond acceptors (Lipinski definition) is 3. The molecule has 5 nitrogen and oxygen atoms in total. The van der Waals surface area contributed by atoms with Crippen LogP contribution in [0.2, 0.25) is 0 Å². The van der Waals surface area contributed by atoms with E-state index in [4.69, 9.17) is 5.11 Å². The first-order valence-corrected chi connectivity index (χ1v) is 7.64. The molecule has 7 heteroatoms. The molecule has 1 atom stereocenters. The number of benzene rings is 1. The number of rotatable bonds is 5. The van der Waals surface area contributed by atoms with E-state index < -0.39 is 27.4 Å². The van der Waals surface area contributed by atoms with Crippen LogP contribution in [0.3, 0.4) is 0 Å². The molecule has 1 saturated carbocycles. The largest absolute Gasteiger partial charge is 0.478 e. The van der Waals surface area contributed by atoms with Crippen molar-refractivity contribution in [1.82, 2.24) is 4.72 Å². The summed E-state index contributed by atoms with van der Waals surface area (Å²) < 4.78 is 39.7. The van der Waals surface area contributed by atoms with E-state index in [9.17, 15) is 17.6 Å². The van der Waals surface area contributed by atoms with Crippen LogP contribution in [0.1, 0.15) is 30.6 Å². The first-order chi connectivity index (χ1) is 9.13. The second-order valence-electron chi connectivity index (χ2n) is 5.69. The standard InChI is InChI=1S/C13H16FNO4S/c1-13(2)6-8(13)7-15-20(18,19)9-3-4-11(14)10(5-9)12(16)17/h3-5,8,15H,6-7H2,1-2H3,(H,16,17). The number of carboxylic acid groups (broad SMARTS) is 1. The van der Waals surface area contributed by atoms with E-state index in [0.717, 1.165) is 24.6 Å². The van der Waals surface area contributed by atoms with Gasteiger partial charge in [0.2, 0.25) is 10.0 Å². The van der Waals surface area contributed by atoms with Gasteiger partial charge in [0.1, 0.15) is 5.82 Å². The predicted octanol–water partition coefficient (Wildman–Crippen LogP) is 1.85. The molecule has 0 radical (unpaired) electrons. The monoisotopic (exact) mass is 301 g/mol. The molecule has 20 heavy (non-hydrogen) atoms. The van der Waals surface area contributed by atoms with Crippen LogP contribution in [0, 0.1) is 17.2 Å². The number of carboxylic acids is 1. The Morgan fingerprint density at radius 3 is 2.60 bits per heavy atom. The Hall–Kier alpha value is -1.47. The van der Waals surface area contributed by atoms with Crippen molar-refractivity contribution < 1.29 is 22.7 Å². The maximum absolute atomic E-state index is 13.2. The molecule has 0 bridgehead atoms. The summed E-state index contributed by atoms with van der Waals surface area (Å²) in [6, 6.07) is 2.74. The highest BCUT2D eigenvalue weighted by molar-refractivity contribution is 7.89. The summed E-state index contributed by atoms with van der Waals surface area (Å²) in [6.07, 6.45) is 0.944. The van der Waals surface area contributed by atoms with Gasteiger partial charge >= 0.3 is 5.97 Å². The van der Waals surface area contributed by atoms with Gasteiger partial charge in [-0.15, -0.1) is 0 Å². The highest BCUT2D eigenvalue weighted by atomic mass is 32.2. The number of carbonyl (C=O) groups is 1. The first-order valence-electron chi connectivity index (χ1n) is 6.16. The van der Waals surface area contributed by atoms with Crippen molar-refractivity contribution in [2.75, 3.05) is 6.54 Å². The highest BCUT2D eigenvalue weighted by Crippen LogP contribution is 2.51. The number of sulfonamides is 1. The van der Waals surface area contributed by atoms with Gasteiger partial charge in [0.25, 0.3) is 0 Å². The molecule has 0 saturated heterocycles. The fraction of sp³-hybridized carbons (Fsp3) is 0.462. The van der Waals surface area contributed by atoms with Crippen LogP contribution >= 0.6 is 0 Å². The van der Waals surface area contributed by atoms with Gasteiger partial charge in [-0.2, -0.15) is 0 Å². The maximum atomic E-state index is 13.2. The highest BCUT2D eigenvalue weighted by Gasteiger charge is 2.45. The number of halogens is 1. The number of hydrogen-bond donors (Lipinski definition) is 2. The van der Waals surface area contributed by atoms with Gasteiger partial charge in [-0.25, -0.2) is 22.3 Å². The molecule has 1 aliphatic carbocycles. The predicted molar refractivity (Wildman–Crippen MR) is 70.4 cm³/mol. The molecule has 1 fully saturated rings. The molecular weight excluding hydrogens is 285 g/mol. The lowest BCUT2D eigenvalue weighted by Gasteiger charge is -2.08. The summed E-state index contributed by atoms with van der Waals surface area (Å²) in [4.78, 5) is 10.6. The van der Waals surface area contributed by atoms with Gasteiger partial charge < -0.3 is 5.11 Å². The summed E-state index contributed by atoms with van der Waals surface area (Å²) in [5.41, 5.74) is -0.517. The topological polar surface area (TPSA) is 83.5 Å². The smallest absolute Gasteiger partial charge is 0.338 e. The fourth-order valence-corrected chi connectivity index (χ4v) is 3.16. The molecule has 0 aromatic heterocycles. The molecule has 0 aliphatic heterocycles. The summed E-state index contributed by atoms with van der Waals surface area (Å²) in [7, 11) is -3.82. The molecule has 1 aromatic rings.